The van der Waals surface area contributed by atoms with Crippen molar-refractivity contribution in [2.45, 2.75) is 104 Å². The summed E-state index contributed by atoms with van der Waals surface area (Å²) in [5.41, 5.74) is 1.17. The van der Waals surface area contributed by atoms with Crippen molar-refractivity contribution in [3.8, 4) is 0 Å². The van der Waals surface area contributed by atoms with Gasteiger partial charge < -0.3 is 4.43 Å². The van der Waals surface area contributed by atoms with Crippen LogP contribution >= 0.6 is 0 Å². The second kappa shape index (κ2) is 5.84. The highest BCUT2D eigenvalue weighted by atomic mass is 28.4. The molecule has 4 aliphatic carbocycles. The lowest BCUT2D eigenvalue weighted by molar-refractivity contribution is -0.118. The van der Waals surface area contributed by atoms with Gasteiger partial charge in [0.15, 0.2) is 8.32 Å². The van der Waals surface area contributed by atoms with Crippen molar-refractivity contribution in [3.05, 3.63) is 0 Å². The lowest BCUT2D eigenvalue weighted by atomic mass is 9.45. The maximum Gasteiger partial charge on any atom is 0.184 e. The van der Waals surface area contributed by atoms with Crippen LogP contribution in [0.4, 0.5) is 0 Å². The molecule has 0 heterocycles. The molecule has 24 heavy (non-hydrogen) atoms. The van der Waals surface area contributed by atoms with Gasteiger partial charge in [-0.05, 0) is 106 Å². The Morgan fingerprint density at radius 1 is 0.750 bits per heavy atom. The van der Waals surface area contributed by atoms with Crippen LogP contribution in [0.15, 0.2) is 0 Å². The average molecular weight is 349 g/mol. The van der Waals surface area contributed by atoms with Crippen LogP contribution in [0.1, 0.15) is 78.1 Å². The third kappa shape index (κ3) is 2.66. The largest absolute Gasteiger partial charge is 0.414 e. The minimum Gasteiger partial charge on any atom is -0.414 e. The molecule has 0 aliphatic heterocycles. The van der Waals surface area contributed by atoms with Crippen LogP contribution < -0.4 is 0 Å². The Hall–Kier alpha value is 0.177. The van der Waals surface area contributed by atoms with Gasteiger partial charge in [-0.2, -0.15) is 0 Å². The smallest absolute Gasteiger partial charge is 0.184 e. The molecular formula is C22H40OSi. The summed E-state index contributed by atoms with van der Waals surface area (Å²) in [6, 6.07) is 0. The molecule has 4 saturated carbocycles. The van der Waals surface area contributed by atoms with E-state index in [1.807, 2.05) is 0 Å². The van der Waals surface area contributed by atoms with E-state index in [0.717, 1.165) is 23.7 Å². The molecule has 4 aliphatic rings. The molecule has 138 valence electrons. The Balaban J connectivity index is 1.57. The quantitative estimate of drug-likeness (QED) is 0.508. The fourth-order valence-corrected chi connectivity index (χ4v) is 9.11. The van der Waals surface area contributed by atoms with Crippen molar-refractivity contribution in [2.24, 2.45) is 34.5 Å². The molecule has 2 unspecified atom stereocenters. The average Bonchev–Trinajstić information content (AvgIpc) is 2.82. The van der Waals surface area contributed by atoms with E-state index in [2.05, 4.69) is 33.5 Å². The summed E-state index contributed by atoms with van der Waals surface area (Å²) in [7, 11) is -1.43. The molecule has 7 atom stereocenters. The van der Waals surface area contributed by atoms with Crippen molar-refractivity contribution < 1.29 is 4.43 Å². The molecule has 0 aromatic carbocycles. The van der Waals surface area contributed by atoms with Gasteiger partial charge in [0.2, 0.25) is 0 Å². The highest BCUT2D eigenvalue weighted by Gasteiger charge is 2.60. The van der Waals surface area contributed by atoms with Crippen molar-refractivity contribution in [3.63, 3.8) is 0 Å². The van der Waals surface area contributed by atoms with Crippen molar-refractivity contribution in [1.82, 2.24) is 0 Å². The van der Waals surface area contributed by atoms with E-state index < -0.39 is 8.32 Å². The fraction of sp³-hybridized carbons (Fsp3) is 1.00. The van der Waals surface area contributed by atoms with Gasteiger partial charge >= 0.3 is 0 Å². The summed E-state index contributed by atoms with van der Waals surface area (Å²) in [4.78, 5) is 0. The predicted molar refractivity (Wildman–Crippen MR) is 105 cm³/mol. The summed E-state index contributed by atoms with van der Waals surface area (Å²) in [6.07, 6.45) is 15.4. The minimum atomic E-state index is -1.43. The molecule has 0 radical (unpaired) electrons. The molecular weight excluding hydrogens is 308 g/mol. The summed E-state index contributed by atoms with van der Waals surface area (Å²) in [5, 5.41) is 0. The Bertz CT molecular complexity index is 483. The molecule has 2 heteroatoms. The van der Waals surface area contributed by atoms with Crippen molar-refractivity contribution in [2.75, 3.05) is 0 Å². The number of hydrogen-bond acceptors (Lipinski definition) is 1. The third-order valence-electron chi connectivity index (χ3n) is 8.99. The lowest BCUT2D eigenvalue weighted by Crippen LogP contribution is -2.54. The Morgan fingerprint density at radius 2 is 1.50 bits per heavy atom. The molecule has 1 nitrogen and oxygen atoms in total. The number of hydrogen-bond donors (Lipinski definition) is 0. The maximum atomic E-state index is 6.72. The van der Waals surface area contributed by atoms with Crippen LogP contribution in [0.5, 0.6) is 0 Å². The first-order chi connectivity index (χ1) is 11.2. The summed E-state index contributed by atoms with van der Waals surface area (Å²) < 4.78 is 6.72. The van der Waals surface area contributed by atoms with Gasteiger partial charge in [0, 0.05) is 0 Å². The second-order valence-electron chi connectivity index (χ2n) is 11.2. The SMILES string of the molecule is C[C@]12CCCCC1CC[C@@H]1[C@@H]2CC[C@]2(C)C(O[Si](C)(C)C)CC[C@@H]12. The molecule has 0 aromatic rings. The summed E-state index contributed by atoms with van der Waals surface area (Å²) >= 11 is 0. The van der Waals surface area contributed by atoms with Gasteiger partial charge in [-0.25, -0.2) is 0 Å². The van der Waals surface area contributed by atoms with Crippen LogP contribution in [0, 0.1) is 34.5 Å². The van der Waals surface area contributed by atoms with Gasteiger partial charge in [0.1, 0.15) is 0 Å². The van der Waals surface area contributed by atoms with Gasteiger partial charge in [-0.1, -0.05) is 26.7 Å². The van der Waals surface area contributed by atoms with E-state index in [4.69, 9.17) is 4.43 Å². The molecule has 0 bridgehead atoms. The predicted octanol–water partition coefficient (Wildman–Crippen LogP) is 6.64. The van der Waals surface area contributed by atoms with Crippen molar-refractivity contribution >= 4 is 8.32 Å². The van der Waals surface area contributed by atoms with Crippen LogP contribution in [0.25, 0.3) is 0 Å². The van der Waals surface area contributed by atoms with E-state index in [1.54, 1.807) is 0 Å². The first-order valence-electron chi connectivity index (χ1n) is 10.9. The van der Waals surface area contributed by atoms with Crippen LogP contribution in [-0.2, 0) is 4.43 Å². The van der Waals surface area contributed by atoms with Gasteiger partial charge in [-0.3, -0.25) is 0 Å². The first kappa shape index (κ1) is 17.6. The van der Waals surface area contributed by atoms with E-state index >= 15 is 0 Å². The number of fused-ring (bicyclic) bond motifs is 5. The Morgan fingerprint density at radius 3 is 2.25 bits per heavy atom. The first-order valence-corrected chi connectivity index (χ1v) is 14.3. The zero-order valence-corrected chi connectivity index (χ0v) is 17.9. The third-order valence-corrected chi connectivity index (χ3v) is 9.98. The highest BCUT2D eigenvalue weighted by molar-refractivity contribution is 6.69. The van der Waals surface area contributed by atoms with E-state index in [0.29, 0.717) is 16.9 Å². The molecule has 0 saturated heterocycles. The Kier molecular flexibility index (Phi) is 4.28. The summed E-state index contributed by atoms with van der Waals surface area (Å²) in [5.74, 6) is 4.04. The van der Waals surface area contributed by atoms with Crippen LogP contribution in [-0.4, -0.2) is 14.4 Å². The molecule has 0 spiro atoms. The second-order valence-corrected chi connectivity index (χ2v) is 15.7. The minimum absolute atomic E-state index is 0.485. The van der Waals surface area contributed by atoms with Gasteiger partial charge in [0.25, 0.3) is 0 Å². The topological polar surface area (TPSA) is 9.23 Å². The summed E-state index contributed by atoms with van der Waals surface area (Å²) in [6.45, 7) is 12.4. The molecule has 0 amide bonds. The van der Waals surface area contributed by atoms with E-state index in [9.17, 15) is 0 Å². The maximum absolute atomic E-state index is 6.72. The monoisotopic (exact) mass is 348 g/mol. The Labute approximate surface area is 151 Å². The van der Waals surface area contributed by atoms with E-state index in [1.165, 1.54) is 64.2 Å². The van der Waals surface area contributed by atoms with Crippen LogP contribution in [0.3, 0.4) is 0 Å². The van der Waals surface area contributed by atoms with Gasteiger partial charge in [0.05, 0.1) is 6.10 Å². The molecule has 0 N–H and O–H groups in total. The molecule has 4 rings (SSSR count). The van der Waals surface area contributed by atoms with E-state index in [-0.39, 0.29) is 0 Å². The molecule has 0 aromatic heterocycles. The zero-order chi connectivity index (χ0) is 17.2. The fourth-order valence-electron chi connectivity index (χ4n) is 7.87. The number of rotatable bonds is 2. The zero-order valence-electron chi connectivity index (χ0n) is 16.9. The lowest BCUT2D eigenvalue weighted by Gasteiger charge is -2.60. The van der Waals surface area contributed by atoms with Gasteiger partial charge in [-0.15, -0.1) is 0 Å². The standard InChI is InChI=1S/C22H40OSi/c1-21-14-7-6-8-16(21)9-10-17-18-11-12-20(23-24(3,4)5)22(18,2)15-13-19(17)21/h16-20H,6-15H2,1-5H3/t16?,17-,18-,19-,20?,21-,22-/m0/s1. The normalized spacial score (nSPS) is 51.6. The highest BCUT2D eigenvalue weighted by Crippen LogP contribution is 2.66. The van der Waals surface area contributed by atoms with Crippen molar-refractivity contribution in [1.29, 1.82) is 0 Å². The van der Waals surface area contributed by atoms with Crippen LogP contribution in [0.2, 0.25) is 19.6 Å². The molecule has 4 fully saturated rings.